The Morgan fingerprint density at radius 3 is 2.08 bits per heavy atom. The van der Waals surface area contributed by atoms with Gasteiger partial charge >= 0.3 is 5.97 Å². The van der Waals surface area contributed by atoms with E-state index in [9.17, 15) is 18.4 Å². The van der Waals surface area contributed by atoms with Gasteiger partial charge < -0.3 is 14.4 Å². The number of aromatic nitrogens is 1. The van der Waals surface area contributed by atoms with Gasteiger partial charge in [0.1, 0.15) is 17.4 Å². The van der Waals surface area contributed by atoms with E-state index in [0.29, 0.717) is 25.1 Å². The van der Waals surface area contributed by atoms with E-state index in [1.807, 2.05) is 6.07 Å². The van der Waals surface area contributed by atoms with Crippen LogP contribution >= 0.6 is 0 Å². The molecule has 0 saturated carbocycles. The molecule has 0 fully saturated rings. The number of ether oxygens (including phenoxy) is 1. The molecule has 0 spiro atoms. The Bertz CT molecular complexity index is 1340. The second-order valence-corrected chi connectivity index (χ2v) is 8.46. The van der Waals surface area contributed by atoms with Gasteiger partial charge in [0.15, 0.2) is 6.61 Å². The quantitative estimate of drug-likeness (QED) is 0.324. The Balaban J connectivity index is 1.54. The Morgan fingerprint density at radius 1 is 0.861 bits per heavy atom. The van der Waals surface area contributed by atoms with Gasteiger partial charge in [0, 0.05) is 24.7 Å². The number of hydrogen-bond donors (Lipinski definition) is 1. The average Bonchev–Trinajstić information content (AvgIpc) is 2.87. The summed E-state index contributed by atoms with van der Waals surface area (Å²) in [5.41, 5.74) is 3.31. The number of pyridine rings is 1. The first-order chi connectivity index (χ1) is 17.4. The third-order valence-electron chi connectivity index (χ3n) is 5.87. The van der Waals surface area contributed by atoms with Crippen LogP contribution in [0.5, 0.6) is 5.75 Å². The van der Waals surface area contributed by atoms with Crippen molar-refractivity contribution in [2.75, 3.05) is 6.61 Å². The summed E-state index contributed by atoms with van der Waals surface area (Å²) in [7, 11) is 0. The Hall–Kier alpha value is -4.26. The lowest BCUT2D eigenvalue weighted by molar-refractivity contribution is -0.139. The number of carboxylic acids is 1. The van der Waals surface area contributed by atoms with Gasteiger partial charge in [-0.25, -0.2) is 13.6 Å². The van der Waals surface area contributed by atoms with Crippen molar-refractivity contribution in [2.45, 2.75) is 25.3 Å². The first-order valence-electron chi connectivity index (χ1n) is 11.5. The maximum absolute atomic E-state index is 13.6. The van der Waals surface area contributed by atoms with E-state index in [-0.39, 0.29) is 23.1 Å². The van der Waals surface area contributed by atoms with Gasteiger partial charge in [-0.15, -0.1) is 0 Å². The number of halogens is 2. The fourth-order valence-corrected chi connectivity index (χ4v) is 4.17. The number of carbonyl (C=O) groups is 1. The summed E-state index contributed by atoms with van der Waals surface area (Å²) in [6.07, 6.45) is 3.13. The van der Waals surface area contributed by atoms with Crippen LogP contribution in [0.3, 0.4) is 0 Å². The highest BCUT2D eigenvalue weighted by molar-refractivity contribution is 5.68. The van der Waals surface area contributed by atoms with Crippen molar-refractivity contribution in [2.24, 2.45) is 0 Å². The van der Waals surface area contributed by atoms with Crippen LogP contribution in [0.15, 0.2) is 95.9 Å². The maximum Gasteiger partial charge on any atom is 0.341 e. The predicted molar refractivity (Wildman–Crippen MR) is 132 cm³/mol. The van der Waals surface area contributed by atoms with Gasteiger partial charge in [0.2, 0.25) is 0 Å². The van der Waals surface area contributed by atoms with E-state index in [1.54, 1.807) is 59.3 Å². The minimum atomic E-state index is -1.04. The fourth-order valence-electron chi connectivity index (χ4n) is 4.17. The molecule has 36 heavy (non-hydrogen) atoms. The first kappa shape index (κ1) is 24.9. The normalized spacial score (nSPS) is 11.0. The van der Waals surface area contributed by atoms with Gasteiger partial charge in [-0.3, -0.25) is 4.79 Å². The van der Waals surface area contributed by atoms with Crippen LogP contribution in [0.4, 0.5) is 8.78 Å². The molecule has 4 aromatic rings. The number of carboxylic acid groups (broad SMARTS) is 1. The molecular weight excluding hydrogens is 464 g/mol. The van der Waals surface area contributed by atoms with Crippen LogP contribution in [-0.4, -0.2) is 22.2 Å². The van der Waals surface area contributed by atoms with E-state index >= 15 is 0 Å². The lowest BCUT2D eigenvalue weighted by Gasteiger charge is -2.20. The molecule has 1 heterocycles. The third-order valence-corrected chi connectivity index (χ3v) is 5.87. The molecule has 0 radical (unpaired) electrons. The van der Waals surface area contributed by atoms with E-state index in [2.05, 4.69) is 0 Å². The number of nitrogens with zero attached hydrogens (tertiary/aromatic N) is 1. The Labute approximate surface area is 207 Å². The standard InChI is InChI=1S/C29H25F2NO4/c30-24-11-6-21(7-12-24)29(22-8-13-25(31)14-9-22)23-10-15-27(33)32(18-23)16-2-4-20-3-1-5-26(17-20)36-19-28(34)35/h1,3,5-15,17-18,29H,2,4,16,19H2,(H,34,35). The van der Waals surface area contributed by atoms with Gasteiger partial charge in [-0.1, -0.05) is 42.5 Å². The van der Waals surface area contributed by atoms with Crippen molar-refractivity contribution in [3.8, 4) is 5.75 Å². The molecule has 4 rings (SSSR count). The van der Waals surface area contributed by atoms with E-state index in [4.69, 9.17) is 9.84 Å². The largest absolute Gasteiger partial charge is 0.482 e. The second-order valence-electron chi connectivity index (χ2n) is 8.46. The van der Waals surface area contributed by atoms with Crippen molar-refractivity contribution in [1.82, 2.24) is 4.57 Å². The second kappa shape index (κ2) is 11.4. The molecule has 0 aliphatic rings. The number of hydrogen-bond acceptors (Lipinski definition) is 3. The Morgan fingerprint density at radius 2 is 1.47 bits per heavy atom. The highest BCUT2D eigenvalue weighted by Gasteiger charge is 2.18. The van der Waals surface area contributed by atoms with Crippen LogP contribution in [0, 0.1) is 11.6 Å². The van der Waals surface area contributed by atoms with Crippen molar-refractivity contribution in [3.63, 3.8) is 0 Å². The SMILES string of the molecule is O=C(O)COc1cccc(CCCn2cc(C(c3ccc(F)cc3)c3ccc(F)cc3)ccc2=O)c1. The van der Waals surface area contributed by atoms with Crippen molar-refractivity contribution >= 4 is 5.97 Å². The van der Waals surface area contributed by atoms with Crippen LogP contribution in [0.25, 0.3) is 0 Å². The van der Waals surface area contributed by atoms with E-state index in [0.717, 1.165) is 22.3 Å². The zero-order chi connectivity index (χ0) is 25.5. The van der Waals surface area contributed by atoms with Gasteiger partial charge in [0.05, 0.1) is 0 Å². The molecule has 0 aliphatic heterocycles. The zero-order valence-corrected chi connectivity index (χ0v) is 19.4. The molecule has 0 bridgehead atoms. The molecule has 0 saturated heterocycles. The number of benzene rings is 3. The summed E-state index contributed by atoms with van der Waals surface area (Å²) in [5.74, 6) is -1.56. The van der Waals surface area contributed by atoms with Crippen LogP contribution < -0.4 is 10.3 Å². The predicted octanol–water partition coefficient (Wildman–Crippen LogP) is 5.40. The topological polar surface area (TPSA) is 68.5 Å². The summed E-state index contributed by atoms with van der Waals surface area (Å²) < 4.78 is 34.0. The van der Waals surface area contributed by atoms with Gasteiger partial charge in [0.25, 0.3) is 5.56 Å². The molecule has 1 aromatic heterocycles. The number of rotatable bonds is 10. The van der Waals surface area contributed by atoms with Gasteiger partial charge in [-0.2, -0.15) is 0 Å². The third kappa shape index (κ3) is 6.44. The smallest absolute Gasteiger partial charge is 0.341 e. The van der Waals surface area contributed by atoms with Crippen molar-refractivity contribution in [1.29, 1.82) is 0 Å². The average molecular weight is 490 g/mol. The summed E-state index contributed by atoms with van der Waals surface area (Å²) in [4.78, 5) is 23.3. The van der Waals surface area contributed by atoms with Crippen molar-refractivity contribution < 1.29 is 23.4 Å². The highest BCUT2D eigenvalue weighted by atomic mass is 19.1. The summed E-state index contributed by atoms with van der Waals surface area (Å²) in [5, 5.41) is 8.78. The Kier molecular flexibility index (Phi) is 7.90. The molecule has 0 atom stereocenters. The van der Waals surface area contributed by atoms with E-state index in [1.165, 1.54) is 30.3 Å². The molecule has 1 N–H and O–H groups in total. The zero-order valence-electron chi connectivity index (χ0n) is 19.4. The van der Waals surface area contributed by atoms with E-state index < -0.39 is 12.6 Å². The number of aryl methyl sites for hydroxylation is 2. The van der Waals surface area contributed by atoms with Crippen LogP contribution in [0.2, 0.25) is 0 Å². The molecule has 0 unspecified atom stereocenters. The lowest BCUT2D eigenvalue weighted by atomic mass is 9.86. The molecule has 184 valence electrons. The first-order valence-corrected chi connectivity index (χ1v) is 11.5. The molecule has 0 amide bonds. The van der Waals surface area contributed by atoms with Crippen LogP contribution in [-0.2, 0) is 17.8 Å². The van der Waals surface area contributed by atoms with Crippen LogP contribution in [0.1, 0.15) is 34.6 Å². The molecular formula is C29H25F2NO4. The molecule has 0 aliphatic carbocycles. The van der Waals surface area contributed by atoms with Gasteiger partial charge in [-0.05, 0) is 71.5 Å². The lowest BCUT2D eigenvalue weighted by Crippen LogP contribution is -2.20. The molecule has 3 aromatic carbocycles. The minimum Gasteiger partial charge on any atom is -0.482 e. The summed E-state index contributed by atoms with van der Waals surface area (Å²) >= 11 is 0. The summed E-state index contributed by atoms with van der Waals surface area (Å²) in [6.45, 7) is 0.0569. The molecule has 5 nitrogen and oxygen atoms in total. The maximum atomic E-state index is 13.6. The monoisotopic (exact) mass is 489 g/mol. The highest BCUT2D eigenvalue weighted by Crippen LogP contribution is 2.31. The van der Waals surface area contributed by atoms with Crippen molar-refractivity contribution in [3.05, 3.63) is 135 Å². The molecule has 7 heteroatoms. The summed E-state index contributed by atoms with van der Waals surface area (Å²) in [6, 6.07) is 22.8. The fraction of sp³-hybridized carbons (Fsp3) is 0.172. The number of aliphatic carboxylic acids is 1. The minimum absolute atomic E-state index is 0.144.